The van der Waals surface area contributed by atoms with Gasteiger partial charge in [-0.25, -0.2) is 14.5 Å². The van der Waals surface area contributed by atoms with Crippen molar-refractivity contribution in [3.05, 3.63) is 95.0 Å². The van der Waals surface area contributed by atoms with E-state index in [1.54, 1.807) is 15.6 Å². The zero-order valence-corrected chi connectivity index (χ0v) is 20.4. The van der Waals surface area contributed by atoms with Crippen LogP contribution in [0.25, 0.3) is 27.3 Å². The summed E-state index contributed by atoms with van der Waals surface area (Å²) in [5.74, 6) is -0.814. The predicted octanol–water partition coefficient (Wildman–Crippen LogP) is 5.20. The minimum absolute atomic E-state index is 0.242. The van der Waals surface area contributed by atoms with E-state index in [1.165, 1.54) is 11.3 Å². The Balaban J connectivity index is 1.36. The Kier molecular flexibility index (Phi) is 5.58. The van der Waals surface area contributed by atoms with Crippen molar-refractivity contribution < 1.29 is 14.3 Å². The van der Waals surface area contributed by atoms with E-state index < -0.39 is 5.97 Å². The second kappa shape index (κ2) is 9.05. The van der Waals surface area contributed by atoms with Crippen LogP contribution in [0.2, 0.25) is 0 Å². The Morgan fingerprint density at radius 3 is 2.64 bits per heavy atom. The molecule has 6 rings (SSSR count). The largest absolute Gasteiger partial charge is 0.452 e. The Morgan fingerprint density at radius 2 is 1.83 bits per heavy atom. The lowest BCUT2D eigenvalue weighted by atomic mass is 10.1. The molecule has 3 aromatic heterocycles. The molecule has 0 atom stereocenters. The molecule has 8 heteroatoms. The van der Waals surface area contributed by atoms with Gasteiger partial charge < -0.3 is 9.64 Å². The molecular weight excluding hydrogens is 472 g/mol. The third-order valence-corrected chi connectivity index (χ3v) is 7.21. The van der Waals surface area contributed by atoms with Gasteiger partial charge in [0.15, 0.2) is 12.3 Å². The quantitative estimate of drug-likeness (QED) is 0.314. The second-order valence-corrected chi connectivity index (χ2v) is 9.51. The lowest BCUT2D eigenvalue weighted by molar-refractivity contribution is -0.121. The number of esters is 1. The van der Waals surface area contributed by atoms with Gasteiger partial charge in [0.25, 0.3) is 5.91 Å². The fourth-order valence-electron chi connectivity index (χ4n) is 4.63. The zero-order chi connectivity index (χ0) is 24.6. The molecule has 1 aliphatic rings. The SMILES string of the molecule is Cc1nn(-c2ccccc2)c2nc(-c3cccs3)cc(C(=O)OCC(=O)N3CCc4ccccc43)c12. The van der Waals surface area contributed by atoms with Crippen LogP contribution in [0.1, 0.15) is 21.6 Å². The molecule has 0 saturated heterocycles. The van der Waals surface area contributed by atoms with Crippen molar-refractivity contribution in [2.45, 2.75) is 13.3 Å². The van der Waals surface area contributed by atoms with Crippen LogP contribution in [0.3, 0.4) is 0 Å². The third kappa shape index (κ3) is 3.85. The molecule has 178 valence electrons. The number of rotatable bonds is 5. The van der Waals surface area contributed by atoms with Gasteiger partial charge in [-0.15, -0.1) is 11.3 Å². The third-order valence-electron chi connectivity index (χ3n) is 6.32. The van der Waals surface area contributed by atoms with Crippen LogP contribution in [0.15, 0.2) is 78.2 Å². The molecule has 5 aromatic rings. The van der Waals surface area contributed by atoms with Crippen molar-refractivity contribution in [1.82, 2.24) is 14.8 Å². The molecule has 4 heterocycles. The molecule has 36 heavy (non-hydrogen) atoms. The number of carbonyl (C=O) groups excluding carboxylic acids is 2. The first kappa shape index (κ1) is 22.2. The van der Waals surface area contributed by atoms with E-state index in [0.717, 1.165) is 28.2 Å². The monoisotopic (exact) mass is 494 g/mol. The van der Waals surface area contributed by atoms with Crippen LogP contribution in [0.5, 0.6) is 0 Å². The van der Waals surface area contributed by atoms with E-state index in [2.05, 4.69) is 5.10 Å². The van der Waals surface area contributed by atoms with Crippen LogP contribution in [0.4, 0.5) is 5.69 Å². The molecule has 0 radical (unpaired) electrons. The summed E-state index contributed by atoms with van der Waals surface area (Å²) in [5, 5.41) is 7.26. The Hall–Kier alpha value is -4.30. The number of hydrogen-bond acceptors (Lipinski definition) is 6. The summed E-state index contributed by atoms with van der Waals surface area (Å²) in [6.45, 7) is 2.09. The summed E-state index contributed by atoms with van der Waals surface area (Å²) >= 11 is 1.54. The van der Waals surface area contributed by atoms with Crippen molar-refractivity contribution in [2.75, 3.05) is 18.1 Å². The van der Waals surface area contributed by atoms with E-state index >= 15 is 0 Å². The highest BCUT2D eigenvalue weighted by atomic mass is 32.1. The minimum Gasteiger partial charge on any atom is -0.452 e. The number of ether oxygens (including phenoxy) is 1. The number of hydrogen-bond donors (Lipinski definition) is 0. The molecule has 1 amide bonds. The van der Waals surface area contributed by atoms with Gasteiger partial charge in [0.1, 0.15) is 0 Å². The first-order chi connectivity index (χ1) is 17.6. The summed E-state index contributed by atoms with van der Waals surface area (Å²) in [7, 11) is 0. The average molecular weight is 495 g/mol. The van der Waals surface area contributed by atoms with Crippen molar-refractivity contribution in [3.63, 3.8) is 0 Å². The van der Waals surface area contributed by atoms with Crippen molar-refractivity contribution >= 4 is 39.9 Å². The summed E-state index contributed by atoms with van der Waals surface area (Å²) in [6.07, 6.45) is 0.795. The van der Waals surface area contributed by atoms with Gasteiger partial charge in [-0.05, 0) is 54.6 Å². The number of aromatic nitrogens is 3. The highest BCUT2D eigenvalue weighted by Gasteiger charge is 2.27. The number of para-hydroxylation sites is 2. The lowest BCUT2D eigenvalue weighted by Crippen LogP contribution is -2.33. The van der Waals surface area contributed by atoms with Crippen LogP contribution in [-0.2, 0) is 16.0 Å². The molecule has 0 aliphatic carbocycles. The maximum Gasteiger partial charge on any atom is 0.339 e. The highest BCUT2D eigenvalue weighted by Crippen LogP contribution is 2.31. The van der Waals surface area contributed by atoms with Gasteiger partial charge in [0.2, 0.25) is 0 Å². The Morgan fingerprint density at radius 1 is 1.03 bits per heavy atom. The van der Waals surface area contributed by atoms with E-state index in [9.17, 15) is 9.59 Å². The van der Waals surface area contributed by atoms with E-state index in [4.69, 9.17) is 9.72 Å². The molecule has 0 N–H and O–H groups in total. The lowest BCUT2D eigenvalue weighted by Gasteiger charge is -2.17. The number of benzene rings is 2. The fourth-order valence-corrected chi connectivity index (χ4v) is 5.32. The van der Waals surface area contributed by atoms with Gasteiger partial charge in [0, 0.05) is 12.2 Å². The van der Waals surface area contributed by atoms with Crippen LogP contribution in [0, 0.1) is 6.92 Å². The number of pyridine rings is 1. The molecular formula is C28H22N4O3S. The van der Waals surface area contributed by atoms with E-state index in [1.807, 2.05) is 79.0 Å². The Labute approximate surface area is 211 Å². The average Bonchev–Trinajstić information content (AvgIpc) is 3.66. The van der Waals surface area contributed by atoms with Gasteiger partial charge in [0.05, 0.1) is 32.9 Å². The minimum atomic E-state index is -0.572. The first-order valence-electron chi connectivity index (χ1n) is 11.7. The molecule has 0 saturated carbocycles. The Bertz CT molecular complexity index is 1590. The molecule has 2 aromatic carbocycles. The molecule has 1 aliphatic heterocycles. The van der Waals surface area contributed by atoms with Crippen LogP contribution >= 0.6 is 11.3 Å². The summed E-state index contributed by atoms with van der Waals surface area (Å²) < 4.78 is 7.32. The molecule has 0 spiro atoms. The predicted molar refractivity (Wildman–Crippen MR) is 140 cm³/mol. The number of aryl methyl sites for hydroxylation is 1. The van der Waals surface area contributed by atoms with Gasteiger partial charge in [-0.2, -0.15) is 5.10 Å². The number of thiophene rings is 1. The molecule has 0 fully saturated rings. The van der Waals surface area contributed by atoms with E-state index in [0.29, 0.717) is 34.5 Å². The maximum atomic E-state index is 13.4. The van der Waals surface area contributed by atoms with Gasteiger partial charge in [-0.3, -0.25) is 4.79 Å². The normalized spacial score (nSPS) is 12.6. The smallest absolute Gasteiger partial charge is 0.339 e. The summed E-state index contributed by atoms with van der Waals surface area (Å²) in [5.41, 5.74) is 5.07. The summed E-state index contributed by atoms with van der Waals surface area (Å²) in [6, 6.07) is 23.1. The number of carbonyl (C=O) groups is 2. The van der Waals surface area contributed by atoms with Crippen molar-refractivity contribution in [2.24, 2.45) is 0 Å². The number of fused-ring (bicyclic) bond motifs is 2. The maximum absolute atomic E-state index is 13.4. The molecule has 7 nitrogen and oxygen atoms in total. The van der Waals surface area contributed by atoms with Crippen LogP contribution in [-0.4, -0.2) is 39.8 Å². The van der Waals surface area contributed by atoms with Gasteiger partial charge in [-0.1, -0.05) is 42.5 Å². The van der Waals surface area contributed by atoms with Crippen molar-refractivity contribution in [3.8, 4) is 16.3 Å². The highest BCUT2D eigenvalue weighted by molar-refractivity contribution is 7.13. The number of amides is 1. The van der Waals surface area contributed by atoms with Gasteiger partial charge >= 0.3 is 5.97 Å². The van der Waals surface area contributed by atoms with E-state index in [-0.39, 0.29) is 12.5 Å². The number of anilines is 1. The molecule has 0 unspecified atom stereocenters. The second-order valence-electron chi connectivity index (χ2n) is 8.56. The van der Waals surface area contributed by atoms with Crippen molar-refractivity contribution in [1.29, 1.82) is 0 Å². The zero-order valence-electron chi connectivity index (χ0n) is 19.5. The standard InChI is InChI=1S/C28H22N4O3S/c1-18-26-21(28(34)35-17-25(33)31-14-13-19-8-5-6-11-23(19)31)16-22(24-12-7-15-36-24)29-27(26)32(30-18)20-9-3-2-4-10-20/h2-12,15-16H,13-14,17H2,1H3. The number of nitrogens with zero attached hydrogens (tertiary/aromatic N) is 4. The van der Waals surface area contributed by atoms with Crippen LogP contribution < -0.4 is 4.90 Å². The fraction of sp³-hybridized carbons (Fsp3) is 0.143. The topological polar surface area (TPSA) is 77.3 Å². The molecule has 0 bridgehead atoms. The summed E-state index contributed by atoms with van der Waals surface area (Å²) in [4.78, 5) is 33.8. The first-order valence-corrected chi connectivity index (χ1v) is 12.5.